The highest BCUT2D eigenvalue weighted by molar-refractivity contribution is 5.75. The molecule has 0 amide bonds. The van der Waals surface area contributed by atoms with Crippen molar-refractivity contribution >= 4 is 29.6 Å². The smallest absolute Gasteiger partial charge is 0.154 e. The molecule has 0 aliphatic heterocycles. The summed E-state index contributed by atoms with van der Waals surface area (Å²) < 4.78 is 2.16. The summed E-state index contributed by atoms with van der Waals surface area (Å²) in [5, 5.41) is 3.29. The first-order chi connectivity index (χ1) is 14.5. The number of carbonyl (C=O) groups is 1. The third-order valence-corrected chi connectivity index (χ3v) is 5.37. The van der Waals surface area contributed by atoms with Crippen LogP contribution in [-0.2, 0) is 9.59 Å². The molecule has 2 aliphatic rings. The first-order valence-electron chi connectivity index (χ1n) is 10.3. The van der Waals surface area contributed by atoms with Crippen LogP contribution in [0, 0.1) is 17.8 Å². The van der Waals surface area contributed by atoms with Gasteiger partial charge < -0.3 is 15.1 Å². The van der Waals surface area contributed by atoms with Gasteiger partial charge in [0.25, 0.3) is 0 Å². The zero-order valence-electron chi connectivity index (χ0n) is 18.5. The zero-order chi connectivity index (χ0) is 22.5. The minimum Gasteiger partial charge on any atom is -0.345 e. The molecule has 0 aromatic carbocycles. The van der Waals surface area contributed by atoms with Gasteiger partial charge in [0.1, 0.15) is 12.7 Å². The molecule has 2 atom stereocenters. The number of rotatable bonds is 4. The fraction of sp³-hybridized carbons (Fsp3) is 0.522. The molecule has 2 fully saturated rings. The summed E-state index contributed by atoms with van der Waals surface area (Å²) in [5.41, 5.74) is 3.94. The van der Waals surface area contributed by atoms with Crippen LogP contribution < -0.4 is 10.8 Å². The first kappa shape index (κ1) is 25.3. The van der Waals surface area contributed by atoms with E-state index in [4.69, 9.17) is 9.59 Å². The number of allylic oxidation sites excluding steroid dienone is 1. The van der Waals surface area contributed by atoms with Gasteiger partial charge in [-0.3, -0.25) is 9.56 Å². The lowest BCUT2D eigenvalue weighted by Gasteiger charge is -2.18. The number of nitrogens with one attached hydrogen (secondary N) is 2. The molecule has 2 saturated carbocycles. The Bertz CT molecular complexity index is 888. The number of aromatic nitrogens is 3. The molecular weight excluding hydrogens is 378 g/mol. The Labute approximate surface area is 179 Å². The molecule has 2 N–H and O–H groups in total. The highest BCUT2D eigenvalue weighted by Crippen LogP contribution is 2.36. The van der Waals surface area contributed by atoms with E-state index in [9.17, 15) is 0 Å². The van der Waals surface area contributed by atoms with Gasteiger partial charge in [-0.25, -0.2) is 9.78 Å². The number of aromatic amines is 1. The van der Waals surface area contributed by atoms with Crippen molar-refractivity contribution in [3.63, 3.8) is 0 Å². The van der Waals surface area contributed by atoms with Gasteiger partial charge in [-0.05, 0) is 63.3 Å². The lowest BCUT2D eigenvalue weighted by Crippen LogP contribution is -2.24. The predicted octanol–water partition coefficient (Wildman–Crippen LogP) is 3.24. The van der Waals surface area contributed by atoms with Gasteiger partial charge in [0, 0.05) is 18.9 Å². The van der Waals surface area contributed by atoms with Gasteiger partial charge in [-0.1, -0.05) is 26.3 Å². The SMILES string of the molecule is C=C([C@@H]1CCC(CNC)C1)n1c(=NC)cnc2[nH]ccc21.C=C=O.C=O.CC1CC1. The van der Waals surface area contributed by atoms with Crippen molar-refractivity contribution in [1.82, 2.24) is 19.9 Å². The quantitative estimate of drug-likeness (QED) is 0.753. The normalized spacial score (nSPS) is 20.0. The molecule has 0 spiro atoms. The third kappa shape index (κ3) is 7.25. The monoisotopic (exact) mass is 413 g/mol. The lowest BCUT2D eigenvalue weighted by molar-refractivity contribution is -0.0979. The molecule has 0 saturated heterocycles. The molecule has 0 bridgehead atoms. The summed E-state index contributed by atoms with van der Waals surface area (Å²) in [6, 6.07) is 2.04. The predicted molar refractivity (Wildman–Crippen MR) is 122 cm³/mol. The van der Waals surface area contributed by atoms with E-state index in [0.717, 1.165) is 40.7 Å². The lowest BCUT2D eigenvalue weighted by atomic mass is 10.0. The van der Waals surface area contributed by atoms with E-state index in [-0.39, 0.29) is 0 Å². The summed E-state index contributed by atoms with van der Waals surface area (Å²) in [7, 11) is 3.83. The van der Waals surface area contributed by atoms with E-state index < -0.39 is 0 Å². The van der Waals surface area contributed by atoms with E-state index in [1.165, 1.54) is 38.0 Å². The van der Waals surface area contributed by atoms with Gasteiger partial charge in [0.15, 0.2) is 11.1 Å². The molecule has 1 unspecified atom stereocenters. The summed E-state index contributed by atoms with van der Waals surface area (Å²) in [4.78, 5) is 28.5. The number of nitrogens with zero attached hydrogens (tertiary/aromatic N) is 3. The molecular formula is C23H35N5O2. The molecule has 0 radical (unpaired) electrons. The van der Waals surface area contributed by atoms with Crippen LogP contribution in [0.25, 0.3) is 16.9 Å². The Morgan fingerprint density at radius 2 is 2.00 bits per heavy atom. The van der Waals surface area contributed by atoms with Crippen molar-refractivity contribution in [2.75, 3.05) is 20.6 Å². The second kappa shape index (κ2) is 13.5. The van der Waals surface area contributed by atoms with E-state index in [0.29, 0.717) is 5.92 Å². The minimum absolute atomic E-state index is 0.523. The molecule has 7 heteroatoms. The van der Waals surface area contributed by atoms with Gasteiger partial charge >= 0.3 is 0 Å². The zero-order valence-corrected chi connectivity index (χ0v) is 18.5. The van der Waals surface area contributed by atoms with Crippen molar-refractivity contribution in [3.05, 3.63) is 37.1 Å². The summed E-state index contributed by atoms with van der Waals surface area (Å²) in [6.45, 7) is 12.4. The van der Waals surface area contributed by atoms with Crippen LogP contribution in [0.4, 0.5) is 0 Å². The Hall–Kier alpha value is -2.76. The van der Waals surface area contributed by atoms with Gasteiger partial charge in [-0.2, -0.15) is 0 Å². The minimum atomic E-state index is 0.523. The van der Waals surface area contributed by atoms with E-state index in [1.807, 2.05) is 32.3 Å². The number of H-pyrrole nitrogens is 1. The molecule has 30 heavy (non-hydrogen) atoms. The van der Waals surface area contributed by atoms with Crippen LogP contribution >= 0.6 is 0 Å². The topological polar surface area (TPSA) is 92.1 Å². The van der Waals surface area contributed by atoms with Crippen molar-refractivity contribution < 1.29 is 9.59 Å². The fourth-order valence-electron chi connectivity index (χ4n) is 3.60. The molecule has 2 heterocycles. The summed E-state index contributed by atoms with van der Waals surface area (Å²) in [6.07, 6.45) is 10.4. The maximum absolute atomic E-state index is 8.57. The molecule has 2 aromatic heterocycles. The van der Waals surface area contributed by atoms with Crippen molar-refractivity contribution in [3.8, 4) is 0 Å². The van der Waals surface area contributed by atoms with Crippen LogP contribution in [0.5, 0.6) is 0 Å². The number of hydrogen-bond donors (Lipinski definition) is 2. The Morgan fingerprint density at radius 1 is 1.37 bits per heavy atom. The second-order valence-corrected chi connectivity index (χ2v) is 7.64. The maximum Gasteiger partial charge on any atom is 0.154 e. The largest absolute Gasteiger partial charge is 0.345 e. The molecule has 4 rings (SSSR count). The fourth-order valence-corrected chi connectivity index (χ4v) is 3.60. The molecule has 164 valence electrons. The van der Waals surface area contributed by atoms with Crippen LogP contribution in [0.2, 0.25) is 0 Å². The van der Waals surface area contributed by atoms with Crippen LogP contribution in [0.1, 0.15) is 39.0 Å². The molecule has 7 nitrogen and oxygen atoms in total. The summed E-state index contributed by atoms with van der Waals surface area (Å²) >= 11 is 0. The standard InChI is InChI=1S/C16H23N5.C4H8.C2H2O.CH2O/c1-11(13-5-4-12(8-13)9-17-2)21-14-6-7-19-16(14)20-10-15(21)18-3;1-4-2-3-4;1-2-3;1-2/h6-7,10,12-13,17,19H,1,4-5,8-9H2,2-3H3;4H,2-3H2,1H3;1H2;1H2/t12?,13-;;;/m1.../s1. The second-order valence-electron chi connectivity index (χ2n) is 7.64. The van der Waals surface area contributed by atoms with Gasteiger partial charge in [0.2, 0.25) is 0 Å². The third-order valence-electron chi connectivity index (χ3n) is 5.37. The van der Waals surface area contributed by atoms with E-state index >= 15 is 0 Å². The van der Waals surface area contributed by atoms with Gasteiger partial charge in [-0.15, -0.1) is 0 Å². The Balaban J connectivity index is 0.000000423. The molecule has 2 aromatic rings. The van der Waals surface area contributed by atoms with Crippen LogP contribution in [0.15, 0.2) is 36.6 Å². The average Bonchev–Trinajstić information content (AvgIpc) is 3.22. The van der Waals surface area contributed by atoms with Crippen LogP contribution in [-0.4, -0.2) is 47.9 Å². The number of carbonyl (C=O) groups excluding carboxylic acids is 2. The average molecular weight is 414 g/mol. The molecule has 2 aliphatic carbocycles. The van der Waals surface area contributed by atoms with E-state index in [2.05, 4.69) is 44.9 Å². The van der Waals surface area contributed by atoms with Crippen molar-refractivity contribution in [1.29, 1.82) is 0 Å². The first-order valence-corrected chi connectivity index (χ1v) is 10.3. The highest BCUT2D eigenvalue weighted by Gasteiger charge is 2.27. The van der Waals surface area contributed by atoms with Gasteiger partial charge in [0.05, 0.1) is 11.7 Å². The Morgan fingerprint density at radius 3 is 2.53 bits per heavy atom. The Kier molecular flexibility index (Phi) is 11.3. The number of fused-ring (bicyclic) bond motifs is 1. The summed E-state index contributed by atoms with van der Waals surface area (Å²) in [5.74, 6) is 3.61. The van der Waals surface area contributed by atoms with E-state index in [1.54, 1.807) is 7.05 Å². The van der Waals surface area contributed by atoms with Crippen molar-refractivity contribution in [2.24, 2.45) is 22.7 Å². The highest BCUT2D eigenvalue weighted by atomic mass is 16.1. The number of hydrogen-bond acceptors (Lipinski definition) is 5. The van der Waals surface area contributed by atoms with Crippen LogP contribution in [0.3, 0.4) is 0 Å². The maximum atomic E-state index is 8.57. The van der Waals surface area contributed by atoms with Crippen molar-refractivity contribution in [2.45, 2.75) is 39.0 Å².